The summed E-state index contributed by atoms with van der Waals surface area (Å²) in [6.45, 7) is 3.89. The van der Waals surface area contributed by atoms with Gasteiger partial charge in [-0.25, -0.2) is 4.98 Å². The van der Waals surface area contributed by atoms with Crippen molar-refractivity contribution >= 4 is 11.9 Å². The van der Waals surface area contributed by atoms with Crippen LogP contribution in [0.2, 0.25) is 0 Å². The Balaban J connectivity index is 2.20. The Morgan fingerprint density at radius 3 is 2.70 bits per heavy atom. The van der Waals surface area contributed by atoms with E-state index in [1.807, 2.05) is 6.07 Å². The first kappa shape index (κ1) is 14.0. The Morgan fingerprint density at radius 1 is 1.50 bits per heavy atom. The third-order valence-corrected chi connectivity index (χ3v) is 3.70. The largest absolute Gasteiger partial charge is 0.481 e. The summed E-state index contributed by atoms with van der Waals surface area (Å²) in [6, 6.07) is 5.06. The molecule has 104 valence electrons. The summed E-state index contributed by atoms with van der Waals surface area (Å²) in [7, 11) is 0. The maximum Gasteiger partial charge on any atom is 0.311 e. The minimum atomic E-state index is -0.892. The third kappa shape index (κ3) is 2.35. The number of rotatable bonds is 2. The Bertz CT molecular complexity index is 621. The average molecular weight is 273 g/mol. The summed E-state index contributed by atoms with van der Waals surface area (Å²) in [5.41, 5.74) is 0.283. The van der Waals surface area contributed by atoms with Gasteiger partial charge in [-0.3, -0.25) is 9.59 Å². The van der Waals surface area contributed by atoms with Crippen molar-refractivity contribution in [1.82, 2.24) is 9.88 Å². The molecule has 2 rings (SSSR count). The summed E-state index contributed by atoms with van der Waals surface area (Å²) in [6.07, 6.45) is 0.434. The van der Waals surface area contributed by atoms with Gasteiger partial charge in [-0.2, -0.15) is 5.26 Å². The predicted molar refractivity (Wildman–Crippen MR) is 70.0 cm³/mol. The monoisotopic (exact) mass is 273 g/mol. The van der Waals surface area contributed by atoms with Crippen LogP contribution in [0.25, 0.3) is 0 Å². The first-order chi connectivity index (χ1) is 9.37. The molecule has 0 spiro atoms. The van der Waals surface area contributed by atoms with Crippen molar-refractivity contribution in [3.05, 3.63) is 29.1 Å². The molecule has 0 radical (unpaired) electrons. The summed E-state index contributed by atoms with van der Waals surface area (Å²) >= 11 is 0. The minimum Gasteiger partial charge on any atom is -0.481 e. The maximum atomic E-state index is 12.3. The average Bonchev–Trinajstić information content (AvgIpc) is 2.82. The normalized spacial score (nSPS) is 21.6. The van der Waals surface area contributed by atoms with E-state index in [1.165, 1.54) is 11.0 Å². The zero-order chi connectivity index (χ0) is 14.9. The molecule has 0 bridgehead atoms. The van der Waals surface area contributed by atoms with Crippen LogP contribution in [0.15, 0.2) is 12.1 Å². The molecule has 0 unspecified atom stereocenters. The van der Waals surface area contributed by atoms with Crippen LogP contribution < -0.4 is 0 Å². The lowest BCUT2D eigenvalue weighted by molar-refractivity contribution is -0.147. The number of carbonyl (C=O) groups excluding carboxylic acids is 1. The fraction of sp³-hybridized carbons (Fsp3) is 0.429. The zero-order valence-corrected chi connectivity index (χ0v) is 11.4. The first-order valence-corrected chi connectivity index (χ1v) is 6.28. The molecule has 1 aromatic rings. The number of amides is 1. The lowest BCUT2D eigenvalue weighted by atomic mass is 9.90. The number of nitrogens with zero attached hydrogens (tertiary/aromatic N) is 3. The van der Waals surface area contributed by atoms with E-state index in [4.69, 9.17) is 10.4 Å². The van der Waals surface area contributed by atoms with E-state index in [-0.39, 0.29) is 18.1 Å². The lowest BCUT2D eigenvalue weighted by Crippen LogP contribution is -2.35. The van der Waals surface area contributed by atoms with Gasteiger partial charge < -0.3 is 10.0 Å². The summed E-state index contributed by atoms with van der Waals surface area (Å²) < 4.78 is 0. The molecular formula is C14H15N3O3. The van der Waals surface area contributed by atoms with Gasteiger partial charge in [0.2, 0.25) is 0 Å². The summed E-state index contributed by atoms with van der Waals surface area (Å²) in [5.74, 6) is -1.18. The fourth-order valence-corrected chi connectivity index (χ4v) is 2.27. The van der Waals surface area contributed by atoms with Crippen molar-refractivity contribution in [3.63, 3.8) is 0 Å². The Hall–Kier alpha value is -2.42. The molecule has 1 aliphatic heterocycles. The highest BCUT2D eigenvalue weighted by molar-refractivity contribution is 5.93. The molecule has 0 aromatic carbocycles. The number of aromatic nitrogens is 1. The number of likely N-dealkylation sites (tertiary alicyclic amines) is 1. The molecule has 0 saturated carbocycles. The van der Waals surface area contributed by atoms with Crippen molar-refractivity contribution in [2.24, 2.45) is 5.41 Å². The van der Waals surface area contributed by atoms with Gasteiger partial charge in [0.05, 0.1) is 16.7 Å². The van der Waals surface area contributed by atoms with Gasteiger partial charge in [-0.1, -0.05) is 0 Å². The molecule has 2 heterocycles. The van der Waals surface area contributed by atoms with Crippen LogP contribution in [0, 0.1) is 23.7 Å². The minimum absolute atomic E-state index is 0.182. The van der Waals surface area contributed by atoms with Gasteiger partial charge >= 0.3 is 5.97 Å². The van der Waals surface area contributed by atoms with Gasteiger partial charge in [-0.15, -0.1) is 0 Å². The van der Waals surface area contributed by atoms with E-state index in [1.54, 1.807) is 19.9 Å². The highest BCUT2D eigenvalue weighted by Crippen LogP contribution is 2.30. The third-order valence-electron chi connectivity index (χ3n) is 3.70. The topological polar surface area (TPSA) is 94.3 Å². The van der Waals surface area contributed by atoms with E-state index in [2.05, 4.69) is 4.98 Å². The van der Waals surface area contributed by atoms with Crippen LogP contribution in [0.1, 0.15) is 35.1 Å². The SMILES string of the molecule is Cc1nc(C(=O)N2CC[C@](C)(C(=O)O)C2)ccc1C#N. The second kappa shape index (κ2) is 4.93. The molecule has 6 nitrogen and oxygen atoms in total. The van der Waals surface area contributed by atoms with Crippen LogP contribution >= 0.6 is 0 Å². The van der Waals surface area contributed by atoms with Crippen molar-refractivity contribution in [2.75, 3.05) is 13.1 Å². The fourth-order valence-electron chi connectivity index (χ4n) is 2.27. The van der Waals surface area contributed by atoms with Crippen LogP contribution in [0.5, 0.6) is 0 Å². The molecule has 1 atom stereocenters. The van der Waals surface area contributed by atoms with Crippen molar-refractivity contribution < 1.29 is 14.7 Å². The van der Waals surface area contributed by atoms with Crippen molar-refractivity contribution in [1.29, 1.82) is 5.26 Å². The Kier molecular flexibility index (Phi) is 3.45. The van der Waals surface area contributed by atoms with Gasteiger partial charge in [0, 0.05) is 13.1 Å². The number of hydrogen-bond acceptors (Lipinski definition) is 4. The van der Waals surface area contributed by atoms with Crippen LogP contribution in [0.4, 0.5) is 0 Å². The zero-order valence-electron chi connectivity index (χ0n) is 11.4. The molecule has 0 aliphatic carbocycles. The second-order valence-electron chi connectivity index (χ2n) is 5.28. The number of carbonyl (C=O) groups is 2. The Labute approximate surface area is 116 Å². The molecule has 1 aromatic heterocycles. The quantitative estimate of drug-likeness (QED) is 0.873. The van der Waals surface area contributed by atoms with Crippen LogP contribution in [-0.2, 0) is 4.79 Å². The molecule has 1 amide bonds. The highest BCUT2D eigenvalue weighted by atomic mass is 16.4. The molecule has 1 saturated heterocycles. The predicted octanol–water partition coefficient (Wildman–Crippen LogP) is 1.20. The van der Waals surface area contributed by atoms with E-state index in [0.29, 0.717) is 24.2 Å². The molecule has 1 aliphatic rings. The number of pyridine rings is 1. The number of carboxylic acid groups (broad SMARTS) is 1. The number of aliphatic carboxylic acids is 1. The van der Waals surface area contributed by atoms with Gasteiger partial charge in [0.1, 0.15) is 11.8 Å². The van der Waals surface area contributed by atoms with Crippen molar-refractivity contribution in [3.8, 4) is 6.07 Å². The molecule has 1 N–H and O–H groups in total. The van der Waals surface area contributed by atoms with Crippen molar-refractivity contribution in [2.45, 2.75) is 20.3 Å². The second-order valence-corrected chi connectivity index (χ2v) is 5.28. The highest BCUT2D eigenvalue weighted by Gasteiger charge is 2.42. The molecule has 1 fully saturated rings. The maximum absolute atomic E-state index is 12.3. The molecule has 20 heavy (non-hydrogen) atoms. The van der Waals surface area contributed by atoms with E-state index in [9.17, 15) is 9.59 Å². The van der Waals surface area contributed by atoms with Crippen LogP contribution in [0.3, 0.4) is 0 Å². The van der Waals surface area contributed by atoms with E-state index >= 15 is 0 Å². The molecule has 6 heteroatoms. The number of aryl methyl sites for hydroxylation is 1. The van der Waals surface area contributed by atoms with Gasteiger partial charge in [0.15, 0.2) is 0 Å². The standard InChI is InChI=1S/C14H15N3O3/c1-9-10(7-15)3-4-11(16-9)12(18)17-6-5-14(2,8-17)13(19)20/h3-4H,5-6,8H2,1-2H3,(H,19,20)/t14-/m0/s1. The Morgan fingerprint density at radius 2 is 2.20 bits per heavy atom. The number of nitriles is 1. The van der Waals surface area contributed by atoms with Gasteiger partial charge in [0.25, 0.3) is 5.91 Å². The number of carboxylic acids is 1. The molecular weight excluding hydrogens is 258 g/mol. The summed E-state index contributed by atoms with van der Waals surface area (Å²) in [5, 5.41) is 18.0. The van der Waals surface area contributed by atoms with E-state index in [0.717, 1.165) is 0 Å². The summed E-state index contributed by atoms with van der Waals surface area (Å²) in [4.78, 5) is 29.1. The smallest absolute Gasteiger partial charge is 0.311 e. The van der Waals surface area contributed by atoms with Crippen LogP contribution in [-0.4, -0.2) is 40.0 Å². The lowest BCUT2D eigenvalue weighted by Gasteiger charge is -2.20. The first-order valence-electron chi connectivity index (χ1n) is 6.28. The van der Waals surface area contributed by atoms with E-state index < -0.39 is 11.4 Å². The van der Waals surface area contributed by atoms with Gasteiger partial charge in [-0.05, 0) is 32.4 Å². The number of hydrogen-bond donors (Lipinski definition) is 1.